The van der Waals surface area contributed by atoms with Gasteiger partial charge in [-0.2, -0.15) is 5.10 Å². The number of H-pyrrole nitrogens is 1. The molecule has 2 rings (SSSR count). The number of hydrogen-bond acceptors (Lipinski definition) is 4. The molecule has 0 aliphatic rings. The second kappa shape index (κ2) is 5.62. The molecule has 0 unspecified atom stereocenters. The molecule has 21 heavy (non-hydrogen) atoms. The highest BCUT2D eigenvalue weighted by Gasteiger charge is 2.19. The van der Waals surface area contributed by atoms with Gasteiger partial charge < -0.3 is 5.11 Å². The third kappa shape index (κ3) is 3.26. The topological polar surface area (TPSA) is 112 Å². The molecule has 7 nitrogen and oxygen atoms in total. The number of hydrogen-bond donors (Lipinski definition) is 3. The lowest BCUT2D eigenvalue weighted by Gasteiger charge is -2.07. The molecule has 1 aromatic carbocycles. The van der Waals surface area contributed by atoms with E-state index in [-0.39, 0.29) is 11.4 Å². The maximum atomic E-state index is 13.3. The van der Waals surface area contributed by atoms with Crippen LogP contribution < -0.4 is 4.72 Å². The quantitative estimate of drug-likeness (QED) is 0.763. The average molecular weight is 313 g/mol. The van der Waals surface area contributed by atoms with Gasteiger partial charge in [0.05, 0.1) is 16.7 Å². The predicted octanol–water partition coefficient (Wildman–Crippen LogP) is 1.03. The molecular weight excluding hydrogens is 301 g/mol. The van der Waals surface area contributed by atoms with Gasteiger partial charge in [0.15, 0.2) is 0 Å². The van der Waals surface area contributed by atoms with Crippen LogP contribution in [0, 0.1) is 12.7 Å². The Labute approximate surface area is 119 Å². The summed E-state index contributed by atoms with van der Waals surface area (Å²) in [5.74, 6) is -2.53. The molecule has 9 heteroatoms. The van der Waals surface area contributed by atoms with E-state index >= 15 is 0 Å². The molecule has 1 heterocycles. The third-order valence-corrected chi connectivity index (χ3v) is 4.26. The SMILES string of the molecule is Cc1[nH]ncc1CNS(=O)(=O)c1ccc(F)c(C(=O)O)c1. The van der Waals surface area contributed by atoms with Gasteiger partial charge in [-0.3, -0.25) is 5.10 Å². The van der Waals surface area contributed by atoms with Gasteiger partial charge in [0.1, 0.15) is 5.82 Å². The number of aryl methyl sites for hydroxylation is 1. The normalized spacial score (nSPS) is 11.5. The second-order valence-electron chi connectivity index (χ2n) is 4.29. The maximum absolute atomic E-state index is 13.3. The van der Waals surface area contributed by atoms with Crippen LogP contribution in [0.25, 0.3) is 0 Å². The van der Waals surface area contributed by atoms with Crippen molar-refractivity contribution in [2.45, 2.75) is 18.4 Å². The zero-order valence-electron chi connectivity index (χ0n) is 10.9. The molecule has 0 radical (unpaired) electrons. The van der Waals surface area contributed by atoms with Gasteiger partial charge in [-0.05, 0) is 25.1 Å². The number of nitrogens with one attached hydrogen (secondary N) is 2. The van der Waals surface area contributed by atoms with Crippen LogP contribution in [-0.2, 0) is 16.6 Å². The van der Waals surface area contributed by atoms with Crippen LogP contribution in [0.1, 0.15) is 21.6 Å². The molecule has 0 aliphatic carbocycles. The minimum atomic E-state index is -3.95. The van der Waals surface area contributed by atoms with Gasteiger partial charge in [0.25, 0.3) is 0 Å². The van der Waals surface area contributed by atoms with Crippen molar-refractivity contribution in [3.05, 3.63) is 47.0 Å². The van der Waals surface area contributed by atoms with Gasteiger partial charge in [0.2, 0.25) is 10.0 Å². The number of carboxylic acids is 1. The van der Waals surface area contributed by atoms with Crippen molar-refractivity contribution in [2.75, 3.05) is 0 Å². The van der Waals surface area contributed by atoms with Crippen molar-refractivity contribution in [3.63, 3.8) is 0 Å². The Hall–Kier alpha value is -2.26. The minimum absolute atomic E-state index is 0.00948. The van der Waals surface area contributed by atoms with Gasteiger partial charge in [-0.25, -0.2) is 22.3 Å². The lowest BCUT2D eigenvalue weighted by molar-refractivity contribution is 0.0691. The Morgan fingerprint density at radius 1 is 1.48 bits per heavy atom. The van der Waals surface area contributed by atoms with Crippen LogP contribution in [-0.4, -0.2) is 29.7 Å². The zero-order chi connectivity index (χ0) is 15.6. The average Bonchev–Trinajstić information content (AvgIpc) is 2.82. The summed E-state index contributed by atoms with van der Waals surface area (Å²) in [6.07, 6.45) is 1.48. The maximum Gasteiger partial charge on any atom is 0.338 e. The van der Waals surface area contributed by atoms with E-state index in [0.29, 0.717) is 11.3 Å². The predicted molar refractivity (Wildman–Crippen MR) is 70.7 cm³/mol. The highest BCUT2D eigenvalue weighted by Crippen LogP contribution is 2.16. The van der Waals surface area contributed by atoms with Gasteiger partial charge in [-0.15, -0.1) is 0 Å². The Morgan fingerprint density at radius 3 is 2.76 bits per heavy atom. The molecule has 2 aromatic rings. The first-order valence-corrected chi connectivity index (χ1v) is 7.31. The van der Waals surface area contributed by atoms with Gasteiger partial charge in [-0.1, -0.05) is 0 Å². The number of aromatic carboxylic acids is 1. The summed E-state index contributed by atoms with van der Waals surface area (Å²) >= 11 is 0. The minimum Gasteiger partial charge on any atom is -0.478 e. The van der Waals surface area contributed by atoms with Crippen molar-refractivity contribution in [3.8, 4) is 0 Å². The van der Waals surface area contributed by atoms with E-state index in [1.807, 2.05) is 0 Å². The molecule has 0 saturated heterocycles. The third-order valence-electron chi connectivity index (χ3n) is 2.87. The molecule has 0 bridgehead atoms. The summed E-state index contributed by atoms with van der Waals surface area (Å²) < 4.78 is 39.7. The zero-order valence-corrected chi connectivity index (χ0v) is 11.7. The molecule has 0 atom stereocenters. The summed E-state index contributed by atoms with van der Waals surface area (Å²) in [7, 11) is -3.95. The molecular formula is C12H12FN3O4S. The fourth-order valence-electron chi connectivity index (χ4n) is 1.65. The fourth-order valence-corrected chi connectivity index (χ4v) is 2.68. The van der Waals surface area contributed by atoms with Crippen LogP contribution in [0.4, 0.5) is 4.39 Å². The summed E-state index contributed by atoms with van der Waals surface area (Å²) in [6.45, 7) is 1.72. The van der Waals surface area contributed by atoms with E-state index in [1.165, 1.54) is 6.20 Å². The first-order chi connectivity index (χ1) is 9.81. The van der Waals surface area contributed by atoms with Crippen molar-refractivity contribution < 1.29 is 22.7 Å². The Morgan fingerprint density at radius 2 is 2.19 bits per heavy atom. The molecule has 3 N–H and O–H groups in total. The largest absolute Gasteiger partial charge is 0.478 e. The second-order valence-corrected chi connectivity index (χ2v) is 6.06. The van der Waals surface area contributed by atoms with Crippen LogP contribution in [0.3, 0.4) is 0 Å². The smallest absolute Gasteiger partial charge is 0.338 e. The first kappa shape index (κ1) is 15.1. The van der Waals surface area contributed by atoms with E-state index < -0.39 is 27.4 Å². The number of sulfonamides is 1. The first-order valence-electron chi connectivity index (χ1n) is 5.82. The molecule has 0 saturated carbocycles. The van der Waals surface area contributed by atoms with Crippen LogP contribution in [0.2, 0.25) is 0 Å². The standard InChI is InChI=1S/C12H12FN3O4S/c1-7-8(5-14-16-7)6-15-21(19,20)9-2-3-11(13)10(4-9)12(17)18/h2-5,15H,6H2,1H3,(H,14,16)(H,17,18). The van der Waals surface area contributed by atoms with E-state index in [2.05, 4.69) is 14.9 Å². The van der Waals surface area contributed by atoms with Gasteiger partial charge >= 0.3 is 5.97 Å². The van der Waals surface area contributed by atoms with Crippen molar-refractivity contribution in [1.29, 1.82) is 0 Å². The van der Waals surface area contributed by atoms with E-state index in [9.17, 15) is 17.6 Å². The molecule has 0 amide bonds. The molecule has 1 aromatic heterocycles. The summed E-state index contributed by atoms with van der Waals surface area (Å²) in [5.41, 5.74) is 0.666. The number of benzene rings is 1. The fraction of sp³-hybridized carbons (Fsp3) is 0.167. The Balaban J connectivity index is 2.26. The number of aromatic amines is 1. The molecule has 0 spiro atoms. The number of aromatic nitrogens is 2. The Kier molecular flexibility index (Phi) is 4.05. The van der Waals surface area contributed by atoms with E-state index in [1.54, 1.807) is 6.92 Å². The lowest BCUT2D eigenvalue weighted by Crippen LogP contribution is -2.23. The molecule has 112 valence electrons. The summed E-state index contributed by atoms with van der Waals surface area (Å²) in [4.78, 5) is 10.5. The van der Waals surface area contributed by atoms with Crippen LogP contribution >= 0.6 is 0 Å². The van der Waals surface area contributed by atoms with Crippen molar-refractivity contribution in [2.24, 2.45) is 0 Å². The Bertz CT molecular complexity index is 786. The lowest BCUT2D eigenvalue weighted by atomic mass is 10.2. The summed E-state index contributed by atoms with van der Waals surface area (Å²) in [5, 5.41) is 15.2. The van der Waals surface area contributed by atoms with Crippen LogP contribution in [0.5, 0.6) is 0 Å². The monoisotopic (exact) mass is 313 g/mol. The number of rotatable bonds is 5. The highest BCUT2D eigenvalue weighted by molar-refractivity contribution is 7.89. The van der Waals surface area contributed by atoms with E-state index in [0.717, 1.165) is 18.2 Å². The highest BCUT2D eigenvalue weighted by atomic mass is 32.2. The number of halogens is 1. The number of carbonyl (C=O) groups is 1. The van der Waals surface area contributed by atoms with Crippen LogP contribution in [0.15, 0.2) is 29.3 Å². The van der Waals surface area contributed by atoms with E-state index in [4.69, 9.17) is 5.11 Å². The van der Waals surface area contributed by atoms with Crippen molar-refractivity contribution >= 4 is 16.0 Å². The van der Waals surface area contributed by atoms with Crippen molar-refractivity contribution in [1.82, 2.24) is 14.9 Å². The number of nitrogens with zero attached hydrogens (tertiary/aromatic N) is 1. The summed E-state index contributed by atoms with van der Waals surface area (Å²) in [6, 6.07) is 2.59. The molecule has 0 aliphatic heterocycles. The van der Waals surface area contributed by atoms with Gasteiger partial charge in [0, 0.05) is 17.8 Å². The molecule has 0 fully saturated rings. The number of carboxylic acid groups (broad SMARTS) is 1.